The molecule has 2 heterocycles. The maximum atomic E-state index is 5.34. The lowest BCUT2D eigenvalue weighted by atomic mass is 9.94. The van der Waals surface area contributed by atoms with Crippen molar-refractivity contribution in [3.8, 4) is 0 Å². The molecule has 1 aromatic heterocycles. The van der Waals surface area contributed by atoms with Crippen LogP contribution < -0.4 is 5.32 Å². The van der Waals surface area contributed by atoms with Gasteiger partial charge >= 0.3 is 0 Å². The van der Waals surface area contributed by atoms with Crippen LogP contribution in [0.5, 0.6) is 0 Å². The van der Waals surface area contributed by atoms with E-state index in [9.17, 15) is 0 Å². The molecule has 0 bridgehead atoms. The number of nitrogens with one attached hydrogen (secondary N) is 1. The molecule has 0 radical (unpaired) electrons. The van der Waals surface area contributed by atoms with Crippen molar-refractivity contribution in [2.45, 2.75) is 38.6 Å². The molecule has 1 aromatic rings. The summed E-state index contributed by atoms with van der Waals surface area (Å²) in [4.78, 5) is 8.66. The van der Waals surface area contributed by atoms with Gasteiger partial charge in [-0.1, -0.05) is 0 Å². The fourth-order valence-corrected chi connectivity index (χ4v) is 1.91. The van der Waals surface area contributed by atoms with Crippen molar-refractivity contribution < 1.29 is 4.74 Å². The molecule has 1 N–H and O–H groups in total. The molecular formula is C12H19N3O. The van der Waals surface area contributed by atoms with Gasteiger partial charge in [0, 0.05) is 31.6 Å². The second-order valence-corrected chi connectivity index (χ2v) is 4.53. The fourth-order valence-electron chi connectivity index (χ4n) is 1.91. The topological polar surface area (TPSA) is 47.0 Å². The normalized spacial score (nSPS) is 17.7. The molecule has 0 atom stereocenters. The Hall–Kier alpha value is -1.16. The number of aromatic nitrogens is 2. The van der Waals surface area contributed by atoms with E-state index < -0.39 is 0 Å². The summed E-state index contributed by atoms with van der Waals surface area (Å²) in [6, 6.07) is 0.369. The third-order valence-electron chi connectivity index (χ3n) is 2.78. The van der Waals surface area contributed by atoms with Crippen LogP contribution >= 0.6 is 0 Å². The fraction of sp³-hybridized carbons (Fsp3) is 0.667. The largest absolute Gasteiger partial charge is 0.381 e. The molecule has 4 heteroatoms. The van der Waals surface area contributed by atoms with E-state index in [2.05, 4.69) is 29.1 Å². The number of ether oxygens (including phenoxy) is 1. The predicted molar refractivity (Wildman–Crippen MR) is 63.6 cm³/mol. The van der Waals surface area contributed by atoms with Gasteiger partial charge in [0.2, 0.25) is 5.95 Å². The first-order valence-electron chi connectivity index (χ1n) is 5.92. The molecule has 0 aliphatic carbocycles. The van der Waals surface area contributed by atoms with Crippen LogP contribution in [0.3, 0.4) is 0 Å². The molecule has 1 saturated heterocycles. The van der Waals surface area contributed by atoms with Crippen molar-refractivity contribution in [3.63, 3.8) is 0 Å². The van der Waals surface area contributed by atoms with Crippen LogP contribution in [0.15, 0.2) is 12.4 Å². The van der Waals surface area contributed by atoms with E-state index in [1.165, 1.54) is 5.56 Å². The lowest BCUT2D eigenvalue weighted by molar-refractivity contribution is 0.0852. The first-order valence-corrected chi connectivity index (χ1v) is 5.92. The average Bonchev–Trinajstić information content (AvgIpc) is 2.30. The molecule has 0 aromatic carbocycles. The average molecular weight is 221 g/mol. The first-order chi connectivity index (χ1) is 7.75. The van der Waals surface area contributed by atoms with Crippen LogP contribution in [-0.4, -0.2) is 29.2 Å². The highest BCUT2D eigenvalue weighted by atomic mass is 16.5. The van der Waals surface area contributed by atoms with Gasteiger partial charge in [-0.2, -0.15) is 0 Å². The predicted octanol–water partition coefficient (Wildman–Crippen LogP) is 2.19. The molecule has 1 aliphatic rings. The summed E-state index contributed by atoms with van der Waals surface area (Å²) >= 11 is 0. The molecule has 4 nitrogen and oxygen atoms in total. The zero-order valence-electron chi connectivity index (χ0n) is 9.94. The van der Waals surface area contributed by atoms with Gasteiger partial charge in [0.05, 0.1) is 0 Å². The number of hydrogen-bond donors (Lipinski definition) is 1. The Bertz CT molecular complexity index is 318. The van der Waals surface area contributed by atoms with Gasteiger partial charge < -0.3 is 10.1 Å². The Labute approximate surface area is 96.4 Å². The van der Waals surface area contributed by atoms with E-state index in [0.29, 0.717) is 17.9 Å². The minimum absolute atomic E-state index is 0.369. The first kappa shape index (κ1) is 11.3. The van der Waals surface area contributed by atoms with Crippen molar-refractivity contribution in [1.29, 1.82) is 0 Å². The number of nitrogens with zero attached hydrogens (tertiary/aromatic N) is 2. The maximum Gasteiger partial charge on any atom is 0.222 e. The van der Waals surface area contributed by atoms with Crippen LogP contribution in [0.4, 0.5) is 5.95 Å². The summed E-state index contributed by atoms with van der Waals surface area (Å²) in [5, 5.41) is 3.19. The highest BCUT2D eigenvalue weighted by molar-refractivity contribution is 5.26. The SMILES string of the molecule is CC(C)Nc1ncc(C2CCOCC2)cn1. The monoisotopic (exact) mass is 221 g/mol. The maximum absolute atomic E-state index is 5.34. The summed E-state index contributed by atoms with van der Waals surface area (Å²) in [5.74, 6) is 1.28. The highest BCUT2D eigenvalue weighted by Gasteiger charge is 2.16. The third-order valence-corrected chi connectivity index (χ3v) is 2.78. The molecule has 1 fully saturated rings. The van der Waals surface area contributed by atoms with Gasteiger partial charge in [-0.15, -0.1) is 0 Å². The minimum atomic E-state index is 0.369. The summed E-state index contributed by atoms with van der Waals surface area (Å²) in [5.41, 5.74) is 1.23. The molecule has 88 valence electrons. The van der Waals surface area contributed by atoms with Crippen molar-refractivity contribution in [3.05, 3.63) is 18.0 Å². The summed E-state index contributed by atoms with van der Waals surface area (Å²) < 4.78 is 5.34. The summed E-state index contributed by atoms with van der Waals surface area (Å²) in [6.45, 7) is 5.87. The van der Waals surface area contributed by atoms with Gasteiger partial charge in [-0.3, -0.25) is 0 Å². The van der Waals surface area contributed by atoms with Gasteiger partial charge in [0.25, 0.3) is 0 Å². The van der Waals surface area contributed by atoms with Crippen LogP contribution in [0.1, 0.15) is 38.2 Å². The van der Waals surface area contributed by atoms with Gasteiger partial charge in [0.1, 0.15) is 0 Å². The Morgan fingerprint density at radius 1 is 1.25 bits per heavy atom. The lowest BCUT2D eigenvalue weighted by Gasteiger charge is -2.21. The highest BCUT2D eigenvalue weighted by Crippen LogP contribution is 2.25. The molecule has 1 aliphatic heterocycles. The molecular weight excluding hydrogens is 202 g/mol. The summed E-state index contributed by atoms with van der Waals surface area (Å²) in [7, 11) is 0. The third kappa shape index (κ3) is 2.92. The molecule has 2 rings (SSSR count). The van der Waals surface area contributed by atoms with Crippen LogP contribution in [-0.2, 0) is 4.74 Å². The van der Waals surface area contributed by atoms with Gasteiger partial charge in [0.15, 0.2) is 0 Å². The molecule has 0 saturated carbocycles. The van der Waals surface area contributed by atoms with E-state index in [1.807, 2.05) is 12.4 Å². The number of hydrogen-bond acceptors (Lipinski definition) is 4. The second kappa shape index (κ2) is 5.25. The Morgan fingerprint density at radius 3 is 2.44 bits per heavy atom. The number of rotatable bonds is 3. The Morgan fingerprint density at radius 2 is 1.88 bits per heavy atom. The summed E-state index contributed by atoms with van der Waals surface area (Å²) in [6.07, 6.45) is 6.04. The van der Waals surface area contributed by atoms with E-state index in [1.54, 1.807) is 0 Å². The second-order valence-electron chi connectivity index (χ2n) is 4.53. The molecule has 0 spiro atoms. The lowest BCUT2D eigenvalue weighted by Crippen LogP contribution is -2.16. The van der Waals surface area contributed by atoms with E-state index in [-0.39, 0.29) is 0 Å². The van der Waals surface area contributed by atoms with Crippen molar-refractivity contribution in [2.24, 2.45) is 0 Å². The Balaban J connectivity index is 2.00. The van der Waals surface area contributed by atoms with E-state index in [4.69, 9.17) is 4.74 Å². The van der Waals surface area contributed by atoms with Crippen molar-refractivity contribution in [2.75, 3.05) is 18.5 Å². The zero-order chi connectivity index (χ0) is 11.4. The van der Waals surface area contributed by atoms with E-state index >= 15 is 0 Å². The van der Waals surface area contributed by atoms with Gasteiger partial charge in [-0.25, -0.2) is 9.97 Å². The standard InChI is InChI=1S/C12H19N3O/c1-9(2)15-12-13-7-11(8-14-12)10-3-5-16-6-4-10/h7-10H,3-6H2,1-2H3,(H,13,14,15). The van der Waals surface area contributed by atoms with Crippen molar-refractivity contribution in [1.82, 2.24) is 9.97 Å². The molecule has 0 unspecified atom stereocenters. The zero-order valence-corrected chi connectivity index (χ0v) is 9.94. The Kier molecular flexibility index (Phi) is 3.72. The quantitative estimate of drug-likeness (QED) is 0.850. The smallest absolute Gasteiger partial charge is 0.222 e. The van der Waals surface area contributed by atoms with Crippen LogP contribution in [0.2, 0.25) is 0 Å². The van der Waals surface area contributed by atoms with Crippen LogP contribution in [0.25, 0.3) is 0 Å². The van der Waals surface area contributed by atoms with Crippen molar-refractivity contribution >= 4 is 5.95 Å². The molecule has 0 amide bonds. The molecule has 16 heavy (non-hydrogen) atoms. The number of anilines is 1. The van der Waals surface area contributed by atoms with E-state index in [0.717, 1.165) is 26.1 Å². The van der Waals surface area contributed by atoms with Crippen LogP contribution in [0, 0.1) is 0 Å². The minimum Gasteiger partial charge on any atom is -0.381 e. The van der Waals surface area contributed by atoms with Gasteiger partial charge in [-0.05, 0) is 38.2 Å².